The molecule has 1 aromatic heterocycles. The molecule has 138 valence electrons. The third kappa shape index (κ3) is 3.76. The Kier molecular flexibility index (Phi) is 4.99. The van der Waals surface area contributed by atoms with Crippen LogP contribution in [0.2, 0.25) is 0 Å². The predicted octanol–water partition coefficient (Wildman–Crippen LogP) is 3.56. The number of nitrogens with zero attached hydrogens (tertiary/aromatic N) is 4. The van der Waals surface area contributed by atoms with E-state index in [-0.39, 0.29) is 5.91 Å². The van der Waals surface area contributed by atoms with Gasteiger partial charge < -0.3 is 4.90 Å². The summed E-state index contributed by atoms with van der Waals surface area (Å²) in [6.45, 7) is 5.47. The summed E-state index contributed by atoms with van der Waals surface area (Å²) in [4.78, 5) is 14.7. The standard InChI is InChI=1S/C21H22N4OS/c1-15-6-5-9-19(12-15)25-16(2)22-23-21(25)27-14-20(26)24-11-10-17-7-3-4-8-18(17)13-24/h3-9,12H,10-11,13-14H2,1-2H3. The molecule has 0 spiro atoms. The van der Waals surface area contributed by atoms with Crippen LogP contribution >= 0.6 is 11.8 Å². The number of benzene rings is 2. The predicted molar refractivity (Wildman–Crippen MR) is 107 cm³/mol. The van der Waals surface area contributed by atoms with Gasteiger partial charge in [0.2, 0.25) is 5.91 Å². The quantitative estimate of drug-likeness (QED) is 0.652. The molecule has 2 heterocycles. The zero-order valence-corrected chi connectivity index (χ0v) is 16.4. The molecular formula is C21H22N4OS. The molecule has 0 aliphatic carbocycles. The third-order valence-corrected chi connectivity index (χ3v) is 5.78. The molecule has 0 N–H and O–H groups in total. The molecule has 1 aliphatic rings. The Bertz CT molecular complexity index is 982. The van der Waals surface area contributed by atoms with Gasteiger partial charge in [-0.25, -0.2) is 0 Å². The molecular weight excluding hydrogens is 356 g/mol. The van der Waals surface area contributed by atoms with E-state index in [9.17, 15) is 4.79 Å². The SMILES string of the molecule is Cc1cccc(-n2c(C)nnc2SCC(=O)N2CCc3ccccc3C2)c1. The van der Waals surface area contributed by atoms with Crippen molar-refractivity contribution in [1.82, 2.24) is 19.7 Å². The van der Waals surface area contributed by atoms with Crippen LogP contribution in [-0.2, 0) is 17.8 Å². The third-order valence-electron chi connectivity index (χ3n) is 4.86. The molecule has 0 atom stereocenters. The molecule has 0 saturated carbocycles. The summed E-state index contributed by atoms with van der Waals surface area (Å²) in [5, 5.41) is 9.24. The molecule has 6 heteroatoms. The van der Waals surface area contributed by atoms with Crippen LogP contribution in [0.5, 0.6) is 0 Å². The van der Waals surface area contributed by atoms with Gasteiger partial charge in [-0.15, -0.1) is 10.2 Å². The van der Waals surface area contributed by atoms with Crippen LogP contribution in [0.3, 0.4) is 0 Å². The molecule has 0 bridgehead atoms. The Morgan fingerprint density at radius 2 is 1.89 bits per heavy atom. The lowest BCUT2D eigenvalue weighted by Crippen LogP contribution is -2.37. The van der Waals surface area contributed by atoms with Crippen molar-refractivity contribution in [2.75, 3.05) is 12.3 Å². The Morgan fingerprint density at radius 1 is 1.07 bits per heavy atom. The highest BCUT2D eigenvalue weighted by Gasteiger charge is 2.21. The van der Waals surface area contributed by atoms with Crippen molar-refractivity contribution < 1.29 is 4.79 Å². The summed E-state index contributed by atoms with van der Waals surface area (Å²) in [5.74, 6) is 1.33. The van der Waals surface area contributed by atoms with E-state index in [4.69, 9.17) is 0 Å². The van der Waals surface area contributed by atoms with Gasteiger partial charge in [0.25, 0.3) is 0 Å². The molecule has 3 aromatic rings. The van der Waals surface area contributed by atoms with E-state index in [0.717, 1.165) is 29.6 Å². The molecule has 0 radical (unpaired) electrons. The van der Waals surface area contributed by atoms with E-state index < -0.39 is 0 Å². The molecule has 1 aliphatic heterocycles. The Hall–Kier alpha value is -2.60. The van der Waals surface area contributed by atoms with Crippen LogP contribution in [0.25, 0.3) is 5.69 Å². The second-order valence-corrected chi connectivity index (χ2v) is 7.77. The summed E-state index contributed by atoms with van der Waals surface area (Å²) < 4.78 is 2.01. The minimum atomic E-state index is 0.144. The highest BCUT2D eigenvalue weighted by atomic mass is 32.2. The minimum absolute atomic E-state index is 0.144. The van der Waals surface area contributed by atoms with E-state index in [1.807, 2.05) is 34.6 Å². The van der Waals surface area contributed by atoms with Crippen LogP contribution in [0.1, 0.15) is 22.5 Å². The minimum Gasteiger partial charge on any atom is -0.337 e. The lowest BCUT2D eigenvalue weighted by atomic mass is 10.00. The molecule has 0 unspecified atom stereocenters. The number of thioether (sulfide) groups is 1. The van der Waals surface area contributed by atoms with Crippen LogP contribution in [0.4, 0.5) is 0 Å². The number of fused-ring (bicyclic) bond motifs is 1. The number of rotatable bonds is 4. The molecule has 0 saturated heterocycles. The van der Waals surface area contributed by atoms with Crippen LogP contribution in [0.15, 0.2) is 53.7 Å². The van der Waals surface area contributed by atoms with Gasteiger partial charge in [0.1, 0.15) is 5.82 Å². The van der Waals surface area contributed by atoms with Crippen molar-refractivity contribution in [3.8, 4) is 5.69 Å². The first kappa shape index (κ1) is 17.8. The summed E-state index contributed by atoms with van der Waals surface area (Å²) >= 11 is 1.45. The van der Waals surface area contributed by atoms with Crippen molar-refractivity contribution in [3.63, 3.8) is 0 Å². The lowest BCUT2D eigenvalue weighted by molar-refractivity contribution is -0.129. The Balaban J connectivity index is 1.46. The fourth-order valence-electron chi connectivity index (χ4n) is 3.43. The summed E-state index contributed by atoms with van der Waals surface area (Å²) in [5.41, 5.74) is 4.81. The van der Waals surface area contributed by atoms with Crippen molar-refractivity contribution in [2.45, 2.75) is 32.0 Å². The number of hydrogen-bond donors (Lipinski definition) is 0. The first-order chi connectivity index (χ1) is 13.1. The highest BCUT2D eigenvalue weighted by molar-refractivity contribution is 7.99. The van der Waals surface area contributed by atoms with E-state index in [2.05, 4.69) is 47.5 Å². The van der Waals surface area contributed by atoms with Crippen molar-refractivity contribution >= 4 is 17.7 Å². The zero-order chi connectivity index (χ0) is 18.8. The summed E-state index contributed by atoms with van der Waals surface area (Å²) in [6, 6.07) is 16.6. The smallest absolute Gasteiger partial charge is 0.233 e. The molecule has 1 amide bonds. The average molecular weight is 379 g/mol. The normalized spacial score (nSPS) is 13.5. The van der Waals surface area contributed by atoms with Gasteiger partial charge in [-0.2, -0.15) is 0 Å². The van der Waals surface area contributed by atoms with Crippen LogP contribution in [-0.4, -0.2) is 37.9 Å². The second-order valence-electron chi connectivity index (χ2n) is 6.83. The molecule has 27 heavy (non-hydrogen) atoms. The molecule has 2 aromatic carbocycles. The monoisotopic (exact) mass is 378 g/mol. The number of hydrogen-bond acceptors (Lipinski definition) is 4. The maximum absolute atomic E-state index is 12.7. The summed E-state index contributed by atoms with van der Waals surface area (Å²) in [6.07, 6.45) is 0.922. The maximum atomic E-state index is 12.7. The number of aryl methyl sites for hydroxylation is 2. The second kappa shape index (κ2) is 7.56. The van der Waals surface area contributed by atoms with Crippen molar-refractivity contribution in [1.29, 1.82) is 0 Å². The van der Waals surface area contributed by atoms with Crippen molar-refractivity contribution in [2.24, 2.45) is 0 Å². The summed E-state index contributed by atoms with van der Waals surface area (Å²) in [7, 11) is 0. The lowest BCUT2D eigenvalue weighted by Gasteiger charge is -2.28. The van der Waals surface area contributed by atoms with Crippen LogP contribution in [0, 0.1) is 13.8 Å². The van der Waals surface area contributed by atoms with Gasteiger partial charge in [-0.05, 0) is 49.1 Å². The first-order valence-electron chi connectivity index (χ1n) is 9.08. The van der Waals surface area contributed by atoms with Gasteiger partial charge in [0.05, 0.1) is 5.75 Å². The number of carbonyl (C=O) groups excluding carboxylic acids is 1. The fourth-order valence-corrected chi connectivity index (χ4v) is 4.33. The van der Waals surface area contributed by atoms with Gasteiger partial charge in [-0.1, -0.05) is 48.2 Å². The number of carbonyl (C=O) groups is 1. The van der Waals surface area contributed by atoms with E-state index in [1.54, 1.807) is 0 Å². The van der Waals surface area contributed by atoms with E-state index >= 15 is 0 Å². The van der Waals surface area contributed by atoms with Crippen LogP contribution < -0.4 is 0 Å². The molecule has 0 fully saturated rings. The maximum Gasteiger partial charge on any atom is 0.233 e. The topological polar surface area (TPSA) is 51.0 Å². The van der Waals surface area contributed by atoms with Gasteiger partial charge >= 0.3 is 0 Å². The van der Waals surface area contributed by atoms with Gasteiger partial charge in [0, 0.05) is 18.8 Å². The van der Waals surface area contributed by atoms with Gasteiger partial charge in [-0.3, -0.25) is 9.36 Å². The van der Waals surface area contributed by atoms with E-state index in [1.165, 1.54) is 28.5 Å². The molecule has 5 nitrogen and oxygen atoms in total. The Labute approximate surface area is 163 Å². The van der Waals surface area contributed by atoms with E-state index in [0.29, 0.717) is 12.3 Å². The Morgan fingerprint density at radius 3 is 2.70 bits per heavy atom. The first-order valence-corrected chi connectivity index (χ1v) is 10.1. The van der Waals surface area contributed by atoms with Crippen molar-refractivity contribution in [3.05, 3.63) is 71.0 Å². The zero-order valence-electron chi connectivity index (χ0n) is 15.6. The number of amides is 1. The number of aromatic nitrogens is 3. The van der Waals surface area contributed by atoms with Gasteiger partial charge in [0.15, 0.2) is 5.16 Å². The molecule has 4 rings (SSSR count). The largest absolute Gasteiger partial charge is 0.337 e. The highest BCUT2D eigenvalue weighted by Crippen LogP contribution is 2.24. The average Bonchev–Trinajstić information content (AvgIpc) is 3.06. The fraction of sp³-hybridized carbons (Fsp3) is 0.286.